The fraction of sp³-hybridized carbons (Fsp3) is 0.261. The minimum Gasteiger partial charge on any atom is -0.445 e. The summed E-state index contributed by atoms with van der Waals surface area (Å²) in [5.41, 5.74) is -2.35. The lowest BCUT2D eigenvalue weighted by atomic mass is 10.0. The molecule has 10 heteroatoms. The summed E-state index contributed by atoms with van der Waals surface area (Å²) in [7, 11) is 1.18. The van der Waals surface area contributed by atoms with E-state index in [1.165, 1.54) is 39.1 Å². The molecule has 0 saturated carbocycles. The van der Waals surface area contributed by atoms with Gasteiger partial charge in [0.05, 0.1) is 5.52 Å². The highest BCUT2D eigenvalue weighted by molar-refractivity contribution is 6.00. The molecule has 0 spiro atoms. The Morgan fingerprint density at radius 2 is 1.70 bits per heavy atom. The Hall–Kier alpha value is -3.82. The van der Waals surface area contributed by atoms with Crippen LogP contribution in [-0.2, 0) is 29.4 Å². The van der Waals surface area contributed by atoms with E-state index in [9.17, 15) is 27.6 Å². The molecule has 0 atom stereocenters. The molecule has 0 saturated heterocycles. The zero-order chi connectivity index (χ0) is 24.4. The molecule has 0 radical (unpaired) electrons. The largest absolute Gasteiger partial charge is 0.445 e. The topological polar surface area (TPSA) is 89.4 Å². The summed E-state index contributed by atoms with van der Waals surface area (Å²) >= 11 is 0. The third-order valence-electron chi connectivity index (χ3n) is 5.00. The van der Waals surface area contributed by atoms with Crippen molar-refractivity contribution in [1.82, 2.24) is 9.88 Å². The van der Waals surface area contributed by atoms with Crippen molar-refractivity contribution in [1.29, 1.82) is 0 Å². The van der Waals surface area contributed by atoms with Crippen molar-refractivity contribution in [3.05, 3.63) is 76.1 Å². The third-order valence-corrected chi connectivity index (χ3v) is 5.00. The van der Waals surface area contributed by atoms with Crippen LogP contribution in [0.4, 0.5) is 23.7 Å². The van der Waals surface area contributed by atoms with Crippen LogP contribution in [0.2, 0.25) is 0 Å². The number of carbonyl (C=O) groups is 2. The van der Waals surface area contributed by atoms with Gasteiger partial charge in [0.15, 0.2) is 5.43 Å². The molecule has 0 aliphatic carbocycles. The van der Waals surface area contributed by atoms with Crippen molar-refractivity contribution in [2.75, 3.05) is 5.32 Å². The number of aryl methyl sites for hydroxylation is 1. The highest BCUT2D eigenvalue weighted by Gasteiger charge is 2.34. The van der Waals surface area contributed by atoms with Gasteiger partial charge in [-0.3, -0.25) is 9.59 Å². The van der Waals surface area contributed by atoms with Gasteiger partial charge in [0.2, 0.25) is 5.91 Å². The zero-order valence-electron chi connectivity index (χ0n) is 18.1. The summed E-state index contributed by atoms with van der Waals surface area (Å²) in [4.78, 5) is 37.0. The predicted molar refractivity (Wildman–Crippen MR) is 117 cm³/mol. The molecule has 7 nitrogen and oxygen atoms in total. The normalized spacial score (nSPS) is 11.8. The van der Waals surface area contributed by atoms with Crippen LogP contribution < -0.4 is 16.1 Å². The number of nitrogens with zero attached hydrogens (tertiary/aromatic N) is 1. The van der Waals surface area contributed by atoms with Crippen LogP contribution in [0.25, 0.3) is 10.9 Å². The molecule has 0 aliphatic heterocycles. The number of alkyl halides is 3. The second kappa shape index (κ2) is 8.97. The van der Waals surface area contributed by atoms with Gasteiger partial charge >= 0.3 is 12.3 Å². The molecule has 2 amide bonds. The number of pyridine rings is 1. The van der Waals surface area contributed by atoms with Gasteiger partial charge in [-0.25, -0.2) is 4.79 Å². The number of aromatic nitrogens is 1. The first-order valence-corrected chi connectivity index (χ1v) is 9.90. The number of alkyl carbamates (subject to hydrolysis) is 1. The molecule has 0 unspecified atom stereocenters. The third kappa shape index (κ3) is 5.51. The highest BCUT2D eigenvalue weighted by atomic mass is 19.4. The Morgan fingerprint density at radius 3 is 2.33 bits per heavy atom. The molecule has 1 aromatic heterocycles. The van der Waals surface area contributed by atoms with E-state index in [4.69, 9.17) is 4.74 Å². The van der Waals surface area contributed by atoms with E-state index in [0.29, 0.717) is 6.07 Å². The number of ether oxygens (including phenoxy) is 1. The summed E-state index contributed by atoms with van der Waals surface area (Å²) in [6.45, 7) is 2.92. The van der Waals surface area contributed by atoms with E-state index in [1.54, 1.807) is 24.3 Å². The van der Waals surface area contributed by atoms with Gasteiger partial charge in [-0.15, -0.1) is 0 Å². The average Bonchev–Trinajstić information content (AvgIpc) is 2.74. The molecule has 0 bridgehead atoms. The van der Waals surface area contributed by atoms with E-state index < -0.39 is 34.8 Å². The molecule has 2 N–H and O–H groups in total. The van der Waals surface area contributed by atoms with Crippen molar-refractivity contribution in [3.63, 3.8) is 0 Å². The first kappa shape index (κ1) is 23.8. The highest BCUT2D eigenvalue weighted by Crippen LogP contribution is 2.30. The zero-order valence-corrected chi connectivity index (χ0v) is 18.1. The molecule has 3 aromatic rings. The number of anilines is 1. The summed E-state index contributed by atoms with van der Waals surface area (Å²) in [5, 5.41) is 5.08. The maximum atomic E-state index is 13.2. The van der Waals surface area contributed by atoms with Crippen LogP contribution in [0, 0.1) is 0 Å². The molecule has 33 heavy (non-hydrogen) atoms. The van der Waals surface area contributed by atoms with E-state index in [1.807, 2.05) is 6.07 Å². The smallest absolute Gasteiger partial charge is 0.431 e. The van der Waals surface area contributed by atoms with E-state index >= 15 is 0 Å². The summed E-state index contributed by atoms with van der Waals surface area (Å²) < 4.78 is 45.7. The maximum Gasteiger partial charge on any atom is 0.431 e. The number of halogens is 3. The van der Waals surface area contributed by atoms with Gasteiger partial charge in [0.1, 0.15) is 17.8 Å². The lowest BCUT2D eigenvalue weighted by molar-refractivity contribution is -0.143. The number of hydrogen-bond donors (Lipinski definition) is 2. The van der Waals surface area contributed by atoms with Crippen LogP contribution in [-0.4, -0.2) is 22.1 Å². The van der Waals surface area contributed by atoms with Crippen molar-refractivity contribution < 1.29 is 27.5 Å². The number of carbonyl (C=O) groups excluding carboxylic acids is 2. The molecule has 0 fully saturated rings. The fourth-order valence-corrected chi connectivity index (χ4v) is 3.15. The predicted octanol–water partition coefficient (Wildman–Crippen LogP) is 4.20. The van der Waals surface area contributed by atoms with Gasteiger partial charge in [-0.1, -0.05) is 30.3 Å². The molecule has 1 heterocycles. The van der Waals surface area contributed by atoms with E-state index in [-0.39, 0.29) is 23.2 Å². The monoisotopic (exact) mass is 461 g/mol. The van der Waals surface area contributed by atoms with Crippen molar-refractivity contribution in [3.8, 4) is 0 Å². The Labute approximate surface area is 187 Å². The van der Waals surface area contributed by atoms with E-state index in [0.717, 1.165) is 10.1 Å². The maximum absolute atomic E-state index is 13.2. The number of benzene rings is 2. The van der Waals surface area contributed by atoms with Gasteiger partial charge in [-0.2, -0.15) is 13.2 Å². The molecule has 3 rings (SSSR count). The Kier molecular flexibility index (Phi) is 6.48. The lowest BCUT2D eigenvalue weighted by Gasteiger charge is -2.25. The van der Waals surface area contributed by atoms with Crippen LogP contribution in [0.5, 0.6) is 0 Å². The minimum absolute atomic E-state index is 0.000612. The standard InChI is InChI=1S/C23H22F3N3O4/c1-22(2,28-21(32)33-13-14-7-5-4-6-8-14)20(31)27-15-9-10-16-17(11-15)29(3)19(12-18(16)30)23(24,25)26/h4-12H,13H2,1-3H3,(H,27,31)(H,28,32). The first-order valence-electron chi connectivity index (χ1n) is 9.90. The Bertz CT molecular complexity index is 1250. The SMILES string of the molecule is Cn1c(C(F)(F)F)cc(=O)c2ccc(NC(=O)C(C)(C)NC(=O)OCc3ccccc3)cc21. The van der Waals surface area contributed by atoms with Gasteiger partial charge in [-0.05, 0) is 37.6 Å². The number of hydrogen-bond acceptors (Lipinski definition) is 4. The number of rotatable bonds is 5. The number of amides is 2. The Balaban J connectivity index is 1.75. The average molecular weight is 461 g/mol. The van der Waals surface area contributed by atoms with E-state index in [2.05, 4.69) is 10.6 Å². The molecule has 0 aliphatic rings. The quantitative estimate of drug-likeness (QED) is 0.596. The lowest BCUT2D eigenvalue weighted by Crippen LogP contribution is -2.52. The van der Waals surface area contributed by atoms with Gasteiger partial charge in [0.25, 0.3) is 0 Å². The van der Waals surface area contributed by atoms with Crippen molar-refractivity contribution in [2.45, 2.75) is 32.2 Å². The summed E-state index contributed by atoms with van der Waals surface area (Å²) in [6.07, 6.45) is -5.53. The summed E-state index contributed by atoms with van der Waals surface area (Å²) in [5.74, 6) is -0.629. The second-order valence-corrected chi connectivity index (χ2v) is 7.95. The minimum atomic E-state index is -4.71. The molecule has 174 valence electrons. The molecular formula is C23H22F3N3O4. The van der Waals surface area contributed by atoms with Crippen LogP contribution in [0.3, 0.4) is 0 Å². The van der Waals surface area contributed by atoms with Crippen LogP contribution in [0.15, 0.2) is 59.4 Å². The van der Waals surface area contributed by atoms with Crippen molar-refractivity contribution in [2.24, 2.45) is 7.05 Å². The first-order chi connectivity index (χ1) is 15.4. The fourth-order valence-electron chi connectivity index (χ4n) is 3.15. The number of fused-ring (bicyclic) bond motifs is 1. The summed E-state index contributed by atoms with van der Waals surface area (Å²) in [6, 6.07) is 13.5. The Morgan fingerprint density at radius 1 is 1.03 bits per heavy atom. The van der Waals surface area contributed by atoms with Crippen molar-refractivity contribution >= 4 is 28.6 Å². The van der Waals surface area contributed by atoms with Gasteiger partial charge < -0.3 is 19.9 Å². The van der Waals surface area contributed by atoms with Gasteiger partial charge in [0, 0.05) is 24.2 Å². The molecule has 2 aromatic carbocycles. The number of nitrogens with one attached hydrogen (secondary N) is 2. The molecular weight excluding hydrogens is 439 g/mol. The second-order valence-electron chi connectivity index (χ2n) is 7.95. The van der Waals surface area contributed by atoms with Crippen LogP contribution >= 0.6 is 0 Å². The van der Waals surface area contributed by atoms with Crippen LogP contribution in [0.1, 0.15) is 25.1 Å².